The fourth-order valence-electron chi connectivity index (χ4n) is 3.94. The molecule has 0 unspecified atom stereocenters. The molecule has 0 aromatic carbocycles. The molecule has 0 aliphatic carbocycles. The number of aromatic nitrogens is 4. The van der Waals surface area contributed by atoms with Crippen molar-refractivity contribution in [2.24, 2.45) is 0 Å². The number of nitrogens with one attached hydrogen (secondary N) is 2. The highest BCUT2D eigenvalue weighted by molar-refractivity contribution is 6.32. The van der Waals surface area contributed by atoms with Crippen LogP contribution in [0.25, 0.3) is 16.8 Å². The summed E-state index contributed by atoms with van der Waals surface area (Å²) in [6.45, 7) is 4.56. The van der Waals surface area contributed by atoms with Crippen LogP contribution in [0.5, 0.6) is 0 Å². The predicted molar refractivity (Wildman–Crippen MR) is 116 cm³/mol. The number of amides is 2. The maximum absolute atomic E-state index is 12.7. The molecular weight excluding hydrogens is 394 g/mol. The molecule has 156 valence electrons. The summed E-state index contributed by atoms with van der Waals surface area (Å²) in [5, 5.41) is 10.6. The summed E-state index contributed by atoms with van der Waals surface area (Å²) in [6, 6.07) is 5.74. The lowest BCUT2D eigenvalue weighted by Gasteiger charge is -2.22. The summed E-state index contributed by atoms with van der Waals surface area (Å²) in [7, 11) is 1.77. The monoisotopic (exact) mass is 415 g/mol. The molecule has 0 spiro atoms. The highest BCUT2D eigenvalue weighted by atomic mass is 16.2. The number of allylic oxidation sites excluding steroid dienone is 1. The summed E-state index contributed by atoms with van der Waals surface area (Å²) in [4.78, 5) is 35.0. The number of hydrogen-bond acceptors (Lipinski definition) is 6. The number of hydrogen-bond donors (Lipinski definition) is 2. The van der Waals surface area contributed by atoms with E-state index in [0.717, 1.165) is 28.1 Å². The van der Waals surface area contributed by atoms with Crippen molar-refractivity contribution < 1.29 is 9.59 Å². The highest BCUT2D eigenvalue weighted by Crippen LogP contribution is 2.36. The molecule has 0 saturated heterocycles. The summed E-state index contributed by atoms with van der Waals surface area (Å²) < 4.78 is 1.69. The van der Waals surface area contributed by atoms with Crippen LogP contribution in [0, 0.1) is 6.92 Å². The van der Waals surface area contributed by atoms with E-state index in [4.69, 9.17) is 0 Å². The Bertz CT molecular complexity index is 1270. The van der Waals surface area contributed by atoms with E-state index in [0.29, 0.717) is 29.3 Å². The molecule has 3 aromatic heterocycles. The highest BCUT2D eigenvalue weighted by Gasteiger charge is 2.28. The van der Waals surface area contributed by atoms with Gasteiger partial charge in [0.25, 0.3) is 5.91 Å². The average Bonchev–Trinajstić information content (AvgIpc) is 3.26. The van der Waals surface area contributed by atoms with E-state index in [1.807, 2.05) is 32.0 Å². The van der Waals surface area contributed by atoms with Gasteiger partial charge >= 0.3 is 0 Å². The van der Waals surface area contributed by atoms with Gasteiger partial charge in [-0.1, -0.05) is 0 Å². The first-order valence-electron chi connectivity index (χ1n) is 9.92. The largest absolute Gasteiger partial charge is 0.342 e. The van der Waals surface area contributed by atoms with Crippen molar-refractivity contribution >= 4 is 28.9 Å². The molecule has 2 aliphatic rings. The van der Waals surface area contributed by atoms with E-state index in [1.54, 1.807) is 35.2 Å². The first-order chi connectivity index (χ1) is 14.9. The quantitative estimate of drug-likeness (QED) is 0.637. The first kappa shape index (κ1) is 19.0. The Morgan fingerprint density at radius 2 is 2.00 bits per heavy atom. The zero-order valence-corrected chi connectivity index (χ0v) is 17.4. The Morgan fingerprint density at radius 1 is 1.16 bits per heavy atom. The lowest BCUT2D eigenvalue weighted by Crippen LogP contribution is -2.36. The van der Waals surface area contributed by atoms with Crippen LogP contribution in [0.4, 0.5) is 11.5 Å². The van der Waals surface area contributed by atoms with Crippen molar-refractivity contribution in [3.05, 3.63) is 59.3 Å². The van der Waals surface area contributed by atoms with Crippen molar-refractivity contribution in [1.29, 1.82) is 0 Å². The van der Waals surface area contributed by atoms with Crippen LogP contribution in [-0.4, -0.2) is 43.5 Å². The van der Waals surface area contributed by atoms with Gasteiger partial charge < -0.3 is 15.5 Å². The van der Waals surface area contributed by atoms with Crippen LogP contribution in [0.15, 0.2) is 42.5 Å². The van der Waals surface area contributed by atoms with Crippen molar-refractivity contribution in [2.45, 2.75) is 26.9 Å². The molecular formula is C22H21N7O2. The number of anilines is 2. The molecule has 0 saturated carbocycles. The van der Waals surface area contributed by atoms with E-state index in [9.17, 15) is 9.59 Å². The third kappa shape index (κ3) is 3.24. The average molecular weight is 415 g/mol. The maximum atomic E-state index is 12.7. The van der Waals surface area contributed by atoms with E-state index in [-0.39, 0.29) is 18.4 Å². The minimum atomic E-state index is -0.194. The molecule has 9 heteroatoms. The molecule has 2 aliphatic heterocycles. The SMILES string of the molecule is CC(Nc1cc2n(n1)CC(=O)N(C)C2)=C1C(=O)Nc2cnc(-c3cnccc3C)cc21. The number of pyridine rings is 2. The first-order valence-corrected chi connectivity index (χ1v) is 9.92. The maximum Gasteiger partial charge on any atom is 0.258 e. The molecule has 0 fully saturated rings. The number of aryl methyl sites for hydroxylation is 1. The Morgan fingerprint density at radius 3 is 2.81 bits per heavy atom. The predicted octanol–water partition coefficient (Wildman–Crippen LogP) is 2.42. The van der Waals surface area contributed by atoms with Gasteiger partial charge in [0.1, 0.15) is 6.54 Å². The number of fused-ring (bicyclic) bond motifs is 2. The van der Waals surface area contributed by atoms with E-state index in [2.05, 4.69) is 25.7 Å². The summed E-state index contributed by atoms with van der Waals surface area (Å²) >= 11 is 0. The summed E-state index contributed by atoms with van der Waals surface area (Å²) in [6.07, 6.45) is 5.19. The molecule has 3 aromatic rings. The number of rotatable bonds is 3. The molecule has 5 rings (SSSR count). The van der Waals surface area contributed by atoms with Gasteiger partial charge in [0, 0.05) is 42.3 Å². The Kier molecular flexibility index (Phi) is 4.32. The van der Waals surface area contributed by atoms with Crippen LogP contribution in [0.2, 0.25) is 0 Å². The summed E-state index contributed by atoms with van der Waals surface area (Å²) in [5.41, 5.74) is 6.34. The lowest BCUT2D eigenvalue weighted by atomic mass is 10.0. The van der Waals surface area contributed by atoms with E-state index >= 15 is 0 Å². The van der Waals surface area contributed by atoms with Gasteiger partial charge in [0.15, 0.2) is 5.82 Å². The van der Waals surface area contributed by atoms with Gasteiger partial charge in [-0.05, 0) is 31.5 Å². The number of carbonyl (C=O) groups is 2. The third-order valence-corrected chi connectivity index (χ3v) is 5.63. The van der Waals surface area contributed by atoms with Crippen molar-refractivity contribution in [3.8, 4) is 11.3 Å². The lowest BCUT2D eigenvalue weighted by molar-refractivity contribution is -0.132. The van der Waals surface area contributed by atoms with E-state index < -0.39 is 0 Å². The molecule has 0 radical (unpaired) electrons. The molecule has 2 N–H and O–H groups in total. The number of likely N-dealkylation sites (N-methyl/N-ethyl adjacent to an activating group) is 1. The topological polar surface area (TPSA) is 105 Å². The molecule has 31 heavy (non-hydrogen) atoms. The Balaban J connectivity index is 1.51. The number of carbonyl (C=O) groups excluding carboxylic acids is 2. The molecule has 5 heterocycles. The van der Waals surface area contributed by atoms with Gasteiger partial charge in [0.2, 0.25) is 5.91 Å². The van der Waals surface area contributed by atoms with Crippen molar-refractivity contribution in [1.82, 2.24) is 24.6 Å². The van der Waals surface area contributed by atoms with Gasteiger partial charge in [-0.25, -0.2) is 0 Å². The zero-order chi connectivity index (χ0) is 21.7. The molecule has 0 atom stereocenters. The minimum Gasteiger partial charge on any atom is -0.342 e. The zero-order valence-electron chi connectivity index (χ0n) is 17.4. The third-order valence-electron chi connectivity index (χ3n) is 5.63. The molecule has 2 amide bonds. The van der Waals surface area contributed by atoms with Gasteiger partial charge in [-0.2, -0.15) is 5.10 Å². The fraction of sp³-hybridized carbons (Fsp3) is 0.227. The number of nitrogens with zero attached hydrogens (tertiary/aromatic N) is 5. The smallest absolute Gasteiger partial charge is 0.258 e. The van der Waals surface area contributed by atoms with Gasteiger partial charge in [0.05, 0.1) is 35.4 Å². The second-order valence-electron chi connectivity index (χ2n) is 7.81. The van der Waals surface area contributed by atoms with Crippen LogP contribution < -0.4 is 10.6 Å². The van der Waals surface area contributed by atoms with Crippen molar-refractivity contribution in [3.63, 3.8) is 0 Å². The Labute approximate surface area is 178 Å². The standard InChI is InChI=1S/C22H21N7O2/c1-12-4-5-23-8-16(12)17-7-15-18(9-24-17)26-22(31)21(15)13(2)25-19-6-14-10-28(3)20(30)11-29(14)27-19/h4-9H,10-11H2,1-3H3,(H,25,27)(H,26,31). The van der Waals surface area contributed by atoms with Gasteiger partial charge in [-0.3, -0.25) is 24.2 Å². The minimum absolute atomic E-state index is 0.0204. The fourth-order valence-corrected chi connectivity index (χ4v) is 3.94. The van der Waals surface area contributed by atoms with Crippen LogP contribution in [-0.2, 0) is 22.7 Å². The second kappa shape index (κ2) is 7.05. The van der Waals surface area contributed by atoms with Crippen LogP contribution in [0.1, 0.15) is 23.7 Å². The molecule has 9 nitrogen and oxygen atoms in total. The van der Waals surface area contributed by atoms with Crippen LogP contribution >= 0.6 is 0 Å². The normalized spacial score (nSPS) is 16.7. The summed E-state index contributed by atoms with van der Waals surface area (Å²) in [5.74, 6) is 0.425. The Hall–Kier alpha value is -4.01. The van der Waals surface area contributed by atoms with Gasteiger partial charge in [-0.15, -0.1) is 0 Å². The van der Waals surface area contributed by atoms with Crippen molar-refractivity contribution in [2.75, 3.05) is 17.7 Å². The molecule has 0 bridgehead atoms. The van der Waals surface area contributed by atoms with Crippen LogP contribution in [0.3, 0.4) is 0 Å². The van der Waals surface area contributed by atoms with E-state index in [1.165, 1.54) is 0 Å². The second-order valence-corrected chi connectivity index (χ2v) is 7.81.